The minimum absolute atomic E-state index is 0.0281. The van der Waals surface area contributed by atoms with Gasteiger partial charge in [-0.3, -0.25) is 0 Å². The van der Waals surface area contributed by atoms with Crippen LogP contribution < -0.4 is 11.1 Å². The fraction of sp³-hybridized carbons (Fsp3) is 0.538. The molecule has 1 aliphatic rings. The molecule has 0 radical (unpaired) electrons. The van der Waals surface area contributed by atoms with Crippen molar-refractivity contribution in [3.63, 3.8) is 0 Å². The molecular formula is C13H16F3N3S. The van der Waals surface area contributed by atoms with Crippen LogP contribution in [0.1, 0.15) is 37.9 Å². The van der Waals surface area contributed by atoms with Gasteiger partial charge in [0.1, 0.15) is 16.5 Å². The molecule has 0 spiro atoms. The molecule has 3 N–H and O–H groups in total. The average molecular weight is 303 g/mol. The summed E-state index contributed by atoms with van der Waals surface area (Å²) < 4.78 is 38.3. The number of alkyl halides is 3. The fourth-order valence-electron chi connectivity index (χ4n) is 2.12. The van der Waals surface area contributed by atoms with E-state index in [9.17, 15) is 13.2 Å². The highest BCUT2D eigenvalue weighted by Crippen LogP contribution is 2.41. The quantitative estimate of drug-likeness (QED) is 0.838. The summed E-state index contributed by atoms with van der Waals surface area (Å²) >= 11 is 4.87. The van der Waals surface area contributed by atoms with Crippen LogP contribution in [0.2, 0.25) is 0 Å². The van der Waals surface area contributed by atoms with Gasteiger partial charge < -0.3 is 11.1 Å². The van der Waals surface area contributed by atoms with Crippen molar-refractivity contribution in [2.45, 2.75) is 38.4 Å². The van der Waals surface area contributed by atoms with Crippen molar-refractivity contribution in [3.05, 3.63) is 23.4 Å². The van der Waals surface area contributed by atoms with Crippen LogP contribution in [0.5, 0.6) is 0 Å². The summed E-state index contributed by atoms with van der Waals surface area (Å²) in [7, 11) is 0. The van der Waals surface area contributed by atoms with E-state index >= 15 is 0 Å². The lowest BCUT2D eigenvalue weighted by atomic mass is 9.98. The summed E-state index contributed by atoms with van der Waals surface area (Å²) in [6.45, 7) is 3.88. The summed E-state index contributed by atoms with van der Waals surface area (Å²) in [6.07, 6.45) is -2.38. The zero-order valence-electron chi connectivity index (χ0n) is 11.2. The molecule has 1 saturated carbocycles. The van der Waals surface area contributed by atoms with E-state index in [2.05, 4.69) is 10.3 Å². The van der Waals surface area contributed by atoms with Gasteiger partial charge in [0.25, 0.3) is 0 Å². The Labute approximate surface area is 120 Å². The molecule has 0 amide bonds. The van der Waals surface area contributed by atoms with Gasteiger partial charge in [-0.25, -0.2) is 4.98 Å². The molecule has 7 heteroatoms. The Kier molecular flexibility index (Phi) is 3.66. The smallest absolute Gasteiger partial charge is 0.389 e. The monoisotopic (exact) mass is 303 g/mol. The van der Waals surface area contributed by atoms with Crippen LogP contribution in [0.4, 0.5) is 19.0 Å². The van der Waals surface area contributed by atoms with Gasteiger partial charge in [-0.15, -0.1) is 0 Å². The first-order valence-corrected chi connectivity index (χ1v) is 6.68. The van der Waals surface area contributed by atoms with Crippen molar-refractivity contribution in [2.24, 2.45) is 11.7 Å². The van der Waals surface area contributed by atoms with Crippen molar-refractivity contribution in [3.8, 4) is 0 Å². The maximum absolute atomic E-state index is 12.8. The Hall–Kier alpha value is -1.37. The number of nitrogens with two attached hydrogens (primary N) is 1. The van der Waals surface area contributed by atoms with E-state index in [4.69, 9.17) is 18.0 Å². The molecule has 0 saturated heterocycles. The van der Waals surface area contributed by atoms with E-state index < -0.39 is 11.9 Å². The first kappa shape index (κ1) is 15.0. The van der Waals surface area contributed by atoms with Crippen LogP contribution in [0.15, 0.2) is 12.1 Å². The predicted molar refractivity (Wildman–Crippen MR) is 75.6 cm³/mol. The number of aromatic nitrogens is 1. The number of thiocarbonyl (C=S) groups is 1. The highest BCUT2D eigenvalue weighted by Gasteiger charge is 2.39. The average Bonchev–Trinajstić information content (AvgIpc) is 3.10. The summed E-state index contributed by atoms with van der Waals surface area (Å²) in [5.41, 5.74) is 4.60. The van der Waals surface area contributed by atoms with Gasteiger partial charge in [0.05, 0.1) is 5.56 Å². The molecule has 20 heavy (non-hydrogen) atoms. The highest BCUT2D eigenvalue weighted by atomic mass is 32.1. The molecule has 1 aromatic heterocycles. The molecule has 1 aromatic rings. The third kappa shape index (κ3) is 3.20. The second kappa shape index (κ2) is 4.87. The molecule has 3 nitrogen and oxygen atoms in total. The van der Waals surface area contributed by atoms with Crippen LogP contribution in [0.25, 0.3) is 0 Å². The first-order chi connectivity index (χ1) is 9.11. The third-order valence-corrected chi connectivity index (χ3v) is 3.71. The molecule has 1 fully saturated rings. The molecule has 2 rings (SSSR count). The number of rotatable bonds is 4. The predicted octanol–water partition coefficient (Wildman–Crippen LogP) is 3.34. The second-order valence-electron chi connectivity index (χ2n) is 5.58. The Balaban J connectivity index is 2.39. The SMILES string of the molecule is CC(C)(Nc1nc(C(F)(F)F)ccc1C(N)=S)C1CC1. The first-order valence-electron chi connectivity index (χ1n) is 6.27. The normalized spacial score (nSPS) is 16.1. The van der Waals surface area contributed by atoms with Gasteiger partial charge in [-0.2, -0.15) is 13.2 Å². The topological polar surface area (TPSA) is 50.9 Å². The number of pyridine rings is 1. The number of anilines is 1. The lowest BCUT2D eigenvalue weighted by molar-refractivity contribution is -0.141. The van der Waals surface area contributed by atoms with Crippen molar-refractivity contribution in [1.82, 2.24) is 4.98 Å². The molecule has 1 aliphatic carbocycles. The minimum atomic E-state index is -4.49. The van der Waals surface area contributed by atoms with Gasteiger partial charge in [-0.05, 0) is 44.7 Å². The van der Waals surface area contributed by atoms with Crippen LogP contribution in [-0.2, 0) is 6.18 Å². The molecular weight excluding hydrogens is 287 g/mol. The van der Waals surface area contributed by atoms with Gasteiger partial charge in [0, 0.05) is 5.54 Å². The van der Waals surface area contributed by atoms with Gasteiger partial charge >= 0.3 is 6.18 Å². The van der Waals surface area contributed by atoms with Crippen molar-refractivity contribution < 1.29 is 13.2 Å². The van der Waals surface area contributed by atoms with Crippen LogP contribution >= 0.6 is 12.2 Å². The van der Waals surface area contributed by atoms with E-state index in [0.29, 0.717) is 11.5 Å². The maximum Gasteiger partial charge on any atom is 0.433 e. The molecule has 1 heterocycles. The lowest BCUT2D eigenvalue weighted by Gasteiger charge is -2.28. The molecule has 0 unspecified atom stereocenters. The number of nitrogens with zero attached hydrogens (tertiary/aromatic N) is 1. The zero-order valence-corrected chi connectivity index (χ0v) is 12.0. The van der Waals surface area contributed by atoms with Crippen LogP contribution in [-0.4, -0.2) is 15.5 Å². The van der Waals surface area contributed by atoms with E-state index in [0.717, 1.165) is 18.9 Å². The Morgan fingerprint density at radius 2 is 1.95 bits per heavy atom. The summed E-state index contributed by atoms with van der Waals surface area (Å²) in [4.78, 5) is 3.69. The van der Waals surface area contributed by atoms with Crippen molar-refractivity contribution >= 4 is 23.0 Å². The molecule has 0 atom stereocenters. The van der Waals surface area contributed by atoms with E-state index in [1.165, 1.54) is 6.07 Å². The van der Waals surface area contributed by atoms with Gasteiger partial charge in [-0.1, -0.05) is 12.2 Å². The van der Waals surface area contributed by atoms with Crippen LogP contribution in [0, 0.1) is 5.92 Å². The third-order valence-electron chi connectivity index (χ3n) is 3.49. The molecule has 0 aliphatic heterocycles. The van der Waals surface area contributed by atoms with Crippen LogP contribution in [0.3, 0.4) is 0 Å². The summed E-state index contributed by atoms with van der Waals surface area (Å²) in [6, 6.07) is 2.16. The van der Waals surface area contributed by atoms with E-state index in [1.54, 1.807) is 0 Å². The Bertz CT molecular complexity index is 536. The standard InChI is InChI=1S/C13H16F3N3S/c1-12(2,7-3-4-7)19-11-8(10(17)20)5-6-9(18-11)13(14,15)16/h5-7H,3-4H2,1-2H3,(H2,17,20)(H,18,19). The summed E-state index contributed by atoms with van der Waals surface area (Å²) in [5, 5.41) is 3.06. The Morgan fingerprint density at radius 1 is 1.35 bits per heavy atom. The number of hydrogen-bond donors (Lipinski definition) is 2. The molecule has 0 bridgehead atoms. The lowest BCUT2D eigenvalue weighted by Crippen LogP contribution is -2.35. The number of halogens is 3. The van der Waals surface area contributed by atoms with E-state index in [1.807, 2.05) is 13.8 Å². The number of nitrogens with one attached hydrogen (secondary N) is 1. The summed E-state index contributed by atoms with van der Waals surface area (Å²) in [5.74, 6) is 0.530. The Morgan fingerprint density at radius 3 is 2.40 bits per heavy atom. The zero-order chi connectivity index (χ0) is 15.1. The highest BCUT2D eigenvalue weighted by molar-refractivity contribution is 7.80. The number of hydrogen-bond acceptors (Lipinski definition) is 3. The second-order valence-corrected chi connectivity index (χ2v) is 6.02. The minimum Gasteiger partial charge on any atom is -0.389 e. The van der Waals surface area contributed by atoms with Crippen molar-refractivity contribution in [1.29, 1.82) is 0 Å². The molecule has 0 aromatic carbocycles. The van der Waals surface area contributed by atoms with Crippen molar-refractivity contribution in [2.75, 3.05) is 5.32 Å². The van der Waals surface area contributed by atoms with Gasteiger partial charge in [0.15, 0.2) is 0 Å². The van der Waals surface area contributed by atoms with E-state index in [-0.39, 0.29) is 16.3 Å². The maximum atomic E-state index is 12.8. The molecule has 110 valence electrons. The largest absolute Gasteiger partial charge is 0.433 e. The fourth-order valence-corrected chi connectivity index (χ4v) is 2.29. The van der Waals surface area contributed by atoms with Gasteiger partial charge in [0.2, 0.25) is 0 Å².